The molecule has 0 amide bonds. The van der Waals surface area contributed by atoms with E-state index in [9.17, 15) is 8.42 Å². The molecule has 0 bridgehead atoms. The van der Waals surface area contributed by atoms with Crippen molar-refractivity contribution in [2.24, 2.45) is 27.2 Å². The molecule has 2 aromatic rings. The Kier molecular flexibility index (Phi) is 4.74. The third-order valence-electron chi connectivity index (χ3n) is 3.02. The summed E-state index contributed by atoms with van der Waals surface area (Å²) in [5, 5.41) is 3.67. The van der Waals surface area contributed by atoms with Gasteiger partial charge in [0.1, 0.15) is 5.76 Å². The van der Waals surface area contributed by atoms with Crippen molar-refractivity contribution in [3.63, 3.8) is 0 Å². The van der Waals surface area contributed by atoms with Gasteiger partial charge < -0.3 is 21.7 Å². The molecule has 0 saturated heterocycles. The van der Waals surface area contributed by atoms with E-state index >= 15 is 0 Å². The van der Waals surface area contributed by atoms with Crippen LogP contribution in [-0.2, 0) is 10.0 Å². The van der Waals surface area contributed by atoms with Crippen molar-refractivity contribution in [2.45, 2.75) is 18.7 Å². The molecule has 1 aromatic heterocycles. The summed E-state index contributed by atoms with van der Waals surface area (Å²) in [7, 11) is -3.81. The lowest BCUT2D eigenvalue weighted by atomic mass is 10.3. The van der Waals surface area contributed by atoms with Crippen LogP contribution in [0, 0.1) is 13.8 Å². The van der Waals surface area contributed by atoms with E-state index in [1.54, 1.807) is 13.8 Å². The first kappa shape index (κ1) is 17.3. The maximum Gasteiger partial charge on any atom is 0.263 e. The van der Waals surface area contributed by atoms with Gasteiger partial charge in [-0.15, -0.1) is 0 Å². The summed E-state index contributed by atoms with van der Waals surface area (Å²) in [6.45, 7) is 3.39. The lowest BCUT2D eigenvalue weighted by Crippen LogP contribution is -2.26. The predicted octanol–water partition coefficient (Wildman–Crippen LogP) is 0.312. The Hall–Kier alpha value is -3.08. The first-order valence-electron chi connectivity index (χ1n) is 6.68. The van der Waals surface area contributed by atoms with Crippen LogP contribution in [0.4, 0.5) is 11.5 Å². The molecule has 0 radical (unpaired) electrons. The van der Waals surface area contributed by atoms with Crippen LogP contribution >= 0.6 is 0 Å². The highest BCUT2D eigenvalue weighted by molar-refractivity contribution is 7.92. The number of hydrogen-bond donors (Lipinski definition) is 4. The fourth-order valence-electron chi connectivity index (χ4n) is 1.69. The number of rotatable bonds is 4. The first-order chi connectivity index (χ1) is 11.2. The van der Waals surface area contributed by atoms with Gasteiger partial charge in [0.05, 0.1) is 10.6 Å². The summed E-state index contributed by atoms with van der Waals surface area (Å²) >= 11 is 0. The fourth-order valence-corrected chi connectivity index (χ4v) is 2.75. The van der Waals surface area contributed by atoms with Gasteiger partial charge >= 0.3 is 0 Å². The van der Waals surface area contributed by atoms with Gasteiger partial charge in [-0.05, 0) is 38.1 Å². The van der Waals surface area contributed by atoms with Crippen LogP contribution in [0.2, 0.25) is 0 Å². The molecule has 1 heterocycles. The molecule has 0 aliphatic carbocycles. The Bertz CT molecular complexity index is 894. The number of nitrogens with two attached hydrogens (primary N) is 3. The van der Waals surface area contributed by atoms with E-state index < -0.39 is 10.0 Å². The topological polar surface area (TPSA) is 175 Å². The number of nitrogens with zero attached hydrogens (tertiary/aromatic N) is 3. The Labute approximate surface area is 138 Å². The number of aryl methyl sites for hydroxylation is 1. The smallest absolute Gasteiger partial charge is 0.263 e. The Balaban J connectivity index is 2.23. The zero-order valence-corrected chi connectivity index (χ0v) is 13.8. The molecule has 11 heteroatoms. The SMILES string of the molecule is Cc1onc(NS(=O)(=O)c2ccc(N=C(N)N=C(N)N)cc2)c1C. The third-order valence-corrected chi connectivity index (χ3v) is 4.38. The van der Waals surface area contributed by atoms with Gasteiger partial charge in [0.25, 0.3) is 10.0 Å². The Morgan fingerprint density at radius 1 is 1.17 bits per heavy atom. The quantitative estimate of drug-likeness (QED) is 0.452. The van der Waals surface area contributed by atoms with Crippen LogP contribution in [0.5, 0.6) is 0 Å². The summed E-state index contributed by atoms with van der Waals surface area (Å²) in [5.41, 5.74) is 16.9. The molecule has 0 aliphatic rings. The zero-order valence-electron chi connectivity index (χ0n) is 13.0. The Morgan fingerprint density at radius 2 is 1.79 bits per heavy atom. The van der Waals surface area contributed by atoms with Gasteiger partial charge in [-0.1, -0.05) is 5.16 Å². The van der Waals surface area contributed by atoms with E-state index in [1.165, 1.54) is 24.3 Å². The molecule has 24 heavy (non-hydrogen) atoms. The molecule has 128 valence electrons. The van der Waals surface area contributed by atoms with E-state index in [0.717, 1.165) is 0 Å². The van der Waals surface area contributed by atoms with E-state index in [2.05, 4.69) is 19.9 Å². The van der Waals surface area contributed by atoms with Gasteiger partial charge in [0.2, 0.25) is 5.96 Å². The van der Waals surface area contributed by atoms with Crippen LogP contribution in [-0.4, -0.2) is 25.5 Å². The van der Waals surface area contributed by atoms with Crippen molar-refractivity contribution in [1.82, 2.24) is 5.16 Å². The molecule has 0 fully saturated rings. The highest BCUT2D eigenvalue weighted by atomic mass is 32.2. The lowest BCUT2D eigenvalue weighted by molar-refractivity contribution is 0.399. The van der Waals surface area contributed by atoms with Crippen molar-refractivity contribution in [3.05, 3.63) is 35.6 Å². The van der Waals surface area contributed by atoms with Gasteiger partial charge in [-0.25, -0.2) is 13.4 Å². The highest BCUT2D eigenvalue weighted by Crippen LogP contribution is 2.22. The molecule has 0 unspecified atom stereocenters. The number of nitrogens with one attached hydrogen (secondary N) is 1. The highest BCUT2D eigenvalue weighted by Gasteiger charge is 2.18. The van der Waals surface area contributed by atoms with E-state index in [4.69, 9.17) is 21.7 Å². The number of aliphatic imine (C=N–C) groups is 2. The minimum absolute atomic E-state index is 0.0296. The molecule has 10 nitrogen and oxygen atoms in total. The molecular formula is C13H17N7O3S. The van der Waals surface area contributed by atoms with Crippen LogP contribution in [0.3, 0.4) is 0 Å². The molecule has 0 saturated carbocycles. The monoisotopic (exact) mass is 351 g/mol. The van der Waals surface area contributed by atoms with Crippen LogP contribution in [0.15, 0.2) is 43.7 Å². The number of benzene rings is 1. The molecule has 2 rings (SSSR count). The summed E-state index contributed by atoms with van der Waals surface area (Å²) in [4.78, 5) is 7.52. The van der Waals surface area contributed by atoms with Crippen LogP contribution in [0.1, 0.15) is 11.3 Å². The van der Waals surface area contributed by atoms with Crippen LogP contribution in [0.25, 0.3) is 0 Å². The largest absolute Gasteiger partial charge is 0.370 e. The summed E-state index contributed by atoms with van der Waals surface area (Å²) in [5.74, 6) is 0.314. The molecule has 7 N–H and O–H groups in total. The van der Waals surface area contributed by atoms with Crippen molar-refractivity contribution >= 4 is 33.4 Å². The summed E-state index contributed by atoms with van der Waals surface area (Å²) < 4.78 is 32.0. The third kappa shape index (κ3) is 4.01. The number of anilines is 1. The van der Waals surface area contributed by atoms with Gasteiger partial charge in [0.15, 0.2) is 11.8 Å². The number of hydrogen-bond acceptors (Lipinski definition) is 5. The van der Waals surface area contributed by atoms with E-state index in [1.807, 2.05) is 0 Å². The second-order valence-electron chi connectivity index (χ2n) is 4.82. The standard InChI is InChI=1S/C13H17N7O3S/c1-7-8(2)23-19-11(7)20-24(21,22)10-5-3-9(4-6-10)17-13(16)18-12(14)15/h3-6H,1-2H3,(H,19,20)(H6,14,15,16,17,18). The van der Waals surface area contributed by atoms with Gasteiger partial charge in [0, 0.05) is 5.56 Å². The molecule has 0 spiro atoms. The van der Waals surface area contributed by atoms with Crippen molar-refractivity contribution in [3.8, 4) is 0 Å². The predicted molar refractivity (Wildman–Crippen MR) is 90.3 cm³/mol. The minimum atomic E-state index is -3.81. The fraction of sp³-hybridized carbons (Fsp3) is 0.154. The summed E-state index contributed by atoms with van der Waals surface area (Å²) in [6, 6.07) is 5.66. The average molecular weight is 351 g/mol. The van der Waals surface area contributed by atoms with Crippen LogP contribution < -0.4 is 21.9 Å². The van der Waals surface area contributed by atoms with Crippen molar-refractivity contribution in [1.29, 1.82) is 0 Å². The normalized spacial score (nSPS) is 12.0. The van der Waals surface area contributed by atoms with E-state index in [0.29, 0.717) is 17.0 Å². The molecule has 1 aromatic carbocycles. The average Bonchev–Trinajstić information content (AvgIpc) is 2.78. The lowest BCUT2D eigenvalue weighted by Gasteiger charge is -2.06. The van der Waals surface area contributed by atoms with Crippen molar-refractivity contribution < 1.29 is 12.9 Å². The second kappa shape index (κ2) is 6.58. The van der Waals surface area contributed by atoms with Gasteiger partial charge in [-0.3, -0.25) is 4.72 Å². The Morgan fingerprint density at radius 3 is 2.29 bits per heavy atom. The summed E-state index contributed by atoms with van der Waals surface area (Å²) in [6.07, 6.45) is 0. The van der Waals surface area contributed by atoms with E-state index in [-0.39, 0.29) is 22.6 Å². The number of sulfonamides is 1. The zero-order chi connectivity index (χ0) is 17.9. The minimum Gasteiger partial charge on any atom is -0.370 e. The second-order valence-corrected chi connectivity index (χ2v) is 6.50. The first-order valence-corrected chi connectivity index (χ1v) is 8.17. The number of aromatic nitrogens is 1. The molecule has 0 aliphatic heterocycles. The molecular weight excluding hydrogens is 334 g/mol. The molecule has 0 atom stereocenters. The maximum absolute atomic E-state index is 12.3. The number of guanidine groups is 2. The van der Waals surface area contributed by atoms with Crippen molar-refractivity contribution in [2.75, 3.05) is 4.72 Å². The maximum atomic E-state index is 12.3. The van der Waals surface area contributed by atoms with Gasteiger partial charge in [-0.2, -0.15) is 4.99 Å².